The fraction of sp³-hybridized carbons (Fsp3) is 0.417. The molecule has 3 rings (SSSR count). The molecule has 0 radical (unpaired) electrons. The molecule has 0 bridgehead atoms. The van der Waals surface area contributed by atoms with Crippen molar-refractivity contribution in [2.45, 2.75) is 39.0 Å². The number of aromatic nitrogens is 1. The van der Waals surface area contributed by atoms with Gasteiger partial charge in [0.05, 0.1) is 20.9 Å². The number of halogens is 1. The third-order valence-electron chi connectivity index (χ3n) is 5.70. The predicted octanol–water partition coefficient (Wildman–Crippen LogP) is 5.06. The fourth-order valence-corrected chi connectivity index (χ4v) is 5.42. The van der Waals surface area contributed by atoms with Crippen LogP contribution in [0.1, 0.15) is 43.6 Å². The standard InChI is InChI=1S/C24H31N3O3S2.ClH/c1-5-18-9-14-21-22(17-18)31-24(25-21)27(16-15-26(6-2)7-3)23(28)19-10-12-20(13-11-19)32(29,30)8-4;/h9-14,17H,5-8,15-16H2,1-4H3;1H. The second-order valence-electron chi connectivity index (χ2n) is 7.56. The van der Waals surface area contributed by atoms with Crippen LogP contribution in [0.25, 0.3) is 10.2 Å². The molecule has 1 amide bonds. The maximum atomic E-state index is 13.5. The summed E-state index contributed by atoms with van der Waals surface area (Å²) in [6, 6.07) is 12.4. The molecule has 0 saturated carbocycles. The van der Waals surface area contributed by atoms with Crippen LogP contribution < -0.4 is 4.90 Å². The lowest BCUT2D eigenvalue weighted by molar-refractivity contribution is 0.0983. The molecule has 0 saturated heterocycles. The zero-order chi connectivity index (χ0) is 23.3. The molecular weight excluding hydrogens is 478 g/mol. The minimum atomic E-state index is -3.31. The van der Waals surface area contributed by atoms with E-state index in [1.807, 2.05) is 6.07 Å². The Morgan fingerprint density at radius 2 is 1.64 bits per heavy atom. The molecule has 33 heavy (non-hydrogen) atoms. The fourth-order valence-electron chi connectivity index (χ4n) is 3.48. The predicted molar refractivity (Wildman–Crippen MR) is 140 cm³/mol. The molecule has 3 aromatic rings. The topological polar surface area (TPSA) is 70.6 Å². The SMILES string of the molecule is CCc1ccc2nc(N(CCN(CC)CC)C(=O)c3ccc(S(=O)(=O)CC)cc3)sc2c1.Cl. The Morgan fingerprint density at radius 3 is 2.21 bits per heavy atom. The van der Waals surface area contributed by atoms with E-state index in [-0.39, 0.29) is 29.0 Å². The first-order chi connectivity index (χ1) is 15.3. The Kier molecular flexibility index (Phi) is 9.84. The number of fused-ring (bicyclic) bond motifs is 1. The van der Waals surface area contributed by atoms with Crippen LogP contribution in [0.4, 0.5) is 5.13 Å². The van der Waals surface area contributed by atoms with Crippen molar-refractivity contribution in [2.75, 3.05) is 36.8 Å². The molecule has 0 aliphatic rings. The van der Waals surface area contributed by atoms with Crippen molar-refractivity contribution in [3.05, 3.63) is 53.6 Å². The Labute approximate surface area is 207 Å². The Hall–Kier alpha value is -2.00. The van der Waals surface area contributed by atoms with E-state index in [1.165, 1.54) is 29.0 Å². The van der Waals surface area contributed by atoms with Crippen LogP contribution in [0.5, 0.6) is 0 Å². The molecule has 0 unspecified atom stereocenters. The van der Waals surface area contributed by atoms with E-state index in [4.69, 9.17) is 4.98 Å². The number of anilines is 1. The van der Waals surface area contributed by atoms with Crippen LogP contribution in [-0.4, -0.2) is 56.1 Å². The first-order valence-electron chi connectivity index (χ1n) is 11.1. The Bertz CT molecular complexity index is 1170. The van der Waals surface area contributed by atoms with Gasteiger partial charge in [-0.3, -0.25) is 9.69 Å². The first kappa shape index (κ1) is 27.2. The minimum absolute atomic E-state index is 0. The summed E-state index contributed by atoms with van der Waals surface area (Å²) in [6.07, 6.45) is 0.945. The van der Waals surface area contributed by atoms with Crippen molar-refractivity contribution in [3.8, 4) is 0 Å². The van der Waals surface area contributed by atoms with E-state index in [0.717, 1.165) is 36.3 Å². The van der Waals surface area contributed by atoms with E-state index in [2.05, 4.69) is 37.8 Å². The molecule has 2 aromatic carbocycles. The zero-order valence-electron chi connectivity index (χ0n) is 19.6. The number of likely N-dealkylation sites (N-methyl/N-ethyl adjacent to an activating group) is 1. The highest BCUT2D eigenvalue weighted by atomic mass is 35.5. The largest absolute Gasteiger partial charge is 0.302 e. The molecule has 1 heterocycles. The summed E-state index contributed by atoms with van der Waals surface area (Å²) in [7, 11) is -3.31. The highest BCUT2D eigenvalue weighted by Gasteiger charge is 2.23. The van der Waals surface area contributed by atoms with Gasteiger partial charge in [0.1, 0.15) is 0 Å². The van der Waals surface area contributed by atoms with E-state index in [1.54, 1.807) is 24.0 Å². The average Bonchev–Trinajstić information content (AvgIpc) is 3.24. The lowest BCUT2D eigenvalue weighted by Crippen LogP contribution is -2.38. The number of rotatable bonds is 10. The Morgan fingerprint density at radius 1 is 0.970 bits per heavy atom. The van der Waals surface area contributed by atoms with Crippen molar-refractivity contribution >= 4 is 54.8 Å². The number of sulfone groups is 1. The summed E-state index contributed by atoms with van der Waals surface area (Å²) in [5, 5.41) is 0.663. The molecule has 9 heteroatoms. The van der Waals surface area contributed by atoms with Gasteiger partial charge < -0.3 is 4.90 Å². The van der Waals surface area contributed by atoms with Gasteiger partial charge in [-0.15, -0.1) is 12.4 Å². The number of hydrogen-bond donors (Lipinski definition) is 0. The van der Waals surface area contributed by atoms with Crippen LogP contribution in [0.2, 0.25) is 0 Å². The van der Waals surface area contributed by atoms with E-state index in [0.29, 0.717) is 17.2 Å². The number of amides is 1. The minimum Gasteiger partial charge on any atom is -0.302 e. The van der Waals surface area contributed by atoms with E-state index >= 15 is 0 Å². The third-order valence-corrected chi connectivity index (χ3v) is 8.49. The molecular formula is C24H32ClN3O3S2. The lowest BCUT2D eigenvalue weighted by atomic mass is 10.2. The van der Waals surface area contributed by atoms with Gasteiger partial charge >= 0.3 is 0 Å². The average molecular weight is 510 g/mol. The number of aryl methyl sites for hydroxylation is 1. The van der Waals surface area contributed by atoms with E-state index < -0.39 is 9.84 Å². The van der Waals surface area contributed by atoms with Crippen molar-refractivity contribution < 1.29 is 13.2 Å². The summed E-state index contributed by atoms with van der Waals surface area (Å²) in [5.41, 5.74) is 2.57. The van der Waals surface area contributed by atoms with Gasteiger partial charge in [0.15, 0.2) is 15.0 Å². The molecule has 6 nitrogen and oxygen atoms in total. The lowest BCUT2D eigenvalue weighted by Gasteiger charge is -2.24. The van der Waals surface area contributed by atoms with Crippen molar-refractivity contribution in [1.29, 1.82) is 0 Å². The van der Waals surface area contributed by atoms with Gasteiger partial charge in [0.2, 0.25) is 0 Å². The van der Waals surface area contributed by atoms with Gasteiger partial charge in [-0.2, -0.15) is 0 Å². The van der Waals surface area contributed by atoms with Gasteiger partial charge in [-0.05, 0) is 61.5 Å². The number of hydrogen-bond acceptors (Lipinski definition) is 6. The summed E-state index contributed by atoms with van der Waals surface area (Å²) < 4.78 is 25.3. The molecule has 180 valence electrons. The number of carbonyl (C=O) groups excluding carboxylic acids is 1. The second kappa shape index (κ2) is 11.9. The number of carbonyl (C=O) groups is 1. The summed E-state index contributed by atoms with van der Waals surface area (Å²) in [5.74, 6) is -0.144. The van der Waals surface area contributed by atoms with Crippen LogP contribution in [-0.2, 0) is 16.3 Å². The number of thiazole rings is 1. The van der Waals surface area contributed by atoms with Crippen LogP contribution >= 0.6 is 23.7 Å². The quantitative estimate of drug-likeness (QED) is 0.382. The van der Waals surface area contributed by atoms with Crippen molar-refractivity contribution in [3.63, 3.8) is 0 Å². The zero-order valence-corrected chi connectivity index (χ0v) is 22.0. The number of nitrogens with zero attached hydrogens (tertiary/aromatic N) is 3. The summed E-state index contributed by atoms with van der Waals surface area (Å²) in [4.78, 5) is 22.5. The summed E-state index contributed by atoms with van der Waals surface area (Å²) >= 11 is 1.52. The van der Waals surface area contributed by atoms with Crippen LogP contribution in [0.3, 0.4) is 0 Å². The van der Waals surface area contributed by atoms with Gasteiger partial charge in [-0.25, -0.2) is 13.4 Å². The van der Waals surface area contributed by atoms with Crippen molar-refractivity contribution in [2.24, 2.45) is 0 Å². The maximum Gasteiger partial charge on any atom is 0.260 e. The van der Waals surface area contributed by atoms with Gasteiger partial charge in [0, 0.05) is 18.7 Å². The Balaban J connectivity index is 0.00000385. The molecule has 0 spiro atoms. The van der Waals surface area contributed by atoms with Crippen LogP contribution in [0, 0.1) is 0 Å². The smallest absolute Gasteiger partial charge is 0.260 e. The number of benzene rings is 2. The van der Waals surface area contributed by atoms with Gasteiger partial charge in [0.25, 0.3) is 5.91 Å². The van der Waals surface area contributed by atoms with Crippen LogP contribution in [0.15, 0.2) is 47.4 Å². The first-order valence-corrected chi connectivity index (χ1v) is 13.6. The molecule has 0 N–H and O–H groups in total. The highest BCUT2D eigenvalue weighted by Crippen LogP contribution is 2.31. The third kappa shape index (κ3) is 6.32. The second-order valence-corrected chi connectivity index (χ2v) is 10.9. The van der Waals surface area contributed by atoms with Gasteiger partial charge in [-0.1, -0.05) is 45.1 Å². The monoisotopic (exact) mass is 509 g/mol. The molecule has 0 aliphatic heterocycles. The normalized spacial score (nSPS) is 11.5. The molecule has 0 atom stereocenters. The molecule has 0 fully saturated rings. The maximum absolute atomic E-state index is 13.5. The molecule has 0 aliphatic carbocycles. The highest BCUT2D eigenvalue weighted by molar-refractivity contribution is 7.91. The molecule has 1 aromatic heterocycles. The summed E-state index contributed by atoms with van der Waals surface area (Å²) in [6.45, 7) is 11.0. The van der Waals surface area contributed by atoms with E-state index in [9.17, 15) is 13.2 Å². The van der Waals surface area contributed by atoms with Crippen molar-refractivity contribution in [1.82, 2.24) is 9.88 Å².